The van der Waals surface area contributed by atoms with Crippen molar-refractivity contribution in [3.63, 3.8) is 0 Å². The van der Waals surface area contributed by atoms with Crippen molar-refractivity contribution in [1.29, 1.82) is 0 Å². The van der Waals surface area contributed by atoms with E-state index < -0.39 is 6.10 Å². The van der Waals surface area contributed by atoms with E-state index in [1.807, 2.05) is 33.8 Å². The van der Waals surface area contributed by atoms with Crippen LogP contribution in [0.2, 0.25) is 0 Å². The molecule has 4 aliphatic carbocycles. The second kappa shape index (κ2) is 32.8. The Balaban J connectivity index is 0.000000385. The molecule has 0 saturated heterocycles. The second-order valence-electron chi connectivity index (χ2n) is 17.2. The van der Waals surface area contributed by atoms with Crippen molar-refractivity contribution >= 4 is 6.29 Å². The molecular formula is C61H86O3. The zero-order valence-electron chi connectivity index (χ0n) is 42.5. The molecule has 0 radical (unpaired) electrons. The first kappa shape index (κ1) is 57.2. The first-order valence-corrected chi connectivity index (χ1v) is 23.9. The molecule has 1 unspecified atom stereocenters. The highest BCUT2D eigenvalue weighted by molar-refractivity contribution is 5.48. The predicted molar refractivity (Wildman–Crippen MR) is 280 cm³/mol. The van der Waals surface area contributed by atoms with Crippen molar-refractivity contribution in [2.45, 2.75) is 167 Å². The van der Waals surface area contributed by atoms with Gasteiger partial charge in [0.1, 0.15) is 6.29 Å². The second-order valence-corrected chi connectivity index (χ2v) is 17.2. The summed E-state index contributed by atoms with van der Waals surface area (Å²) in [6.45, 7) is 31.0. The van der Waals surface area contributed by atoms with E-state index in [0.29, 0.717) is 12.8 Å². The standard InChI is InChI=1S/4C12H14.C4H10O2.C4H8.C3H6O.C2H6/c4*1-9-7-11-5-3-4-6-12(11)8-10(9)2;1-2-4(6)3-5;1-3-4-2;1-2-3-4;1-2/h4*3-6H,7-8H2,1-2H3;4-6H,2-3H2,1H3;3H,1,4H2,2H3;3H,2H2,1H3;1-2H3. The monoisotopic (exact) mass is 867 g/mol. The average molecular weight is 867 g/mol. The van der Waals surface area contributed by atoms with Gasteiger partial charge in [-0.25, -0.2) is 0 Å². The number of hydrogen-bond donors (Lipinski definition) is 2. The van der Waals surface area contributed by atoms with Crippen LogP contribution in [-0.2, 0) is 56.2 Å². The number of hydrogen-bond acceptors (Lipinski definition) is 3. The summed E-state index contributed by atoms with van der Waals surface area (Å²) in [5.41, 5.74) is 24.5. The maximum absolute atomic E-state index is 9.17. The zero-order valence-corrected chi connectivity index (χ0v) is 42.5. The number of carbonyl (C=O) groups excluding carboxylic acids is 1. The van der Waals surface area contributed by atoms with Gasteiger partial charge in [-0.1, -0.05) is 182 Å². The molecule has 0 aliphatic heterocycles. The van der Waals surface area contributed by atoms with Gasteiger partial charge in [0.2, 0.25) is 0 Å². The molecule has 1 atom stereocenters. The summed E-state index contributed by atoms with van der Waals surface area (Å²) in [6.07, 6.45) is 13.8. The summed E-state index contributed by atoms with van der Waals surface area (Å²) < 4.78 is 0. The summed E-state index contributed by atoms with van der Waals surface area (Å²) >= 11 is 0. The third-order valence-electron chi connectivity index (χ3n) is 12.2. The molecule has 4 aromatic carbocycles. The molecule has 0 amide bonds. The Bertz CT molecular complexity index is 1700. The minimum atomic E-state index is -0.509. The fourth-order valence-corrected chi connectivity index (χ4v) is 7.23. The molecule has 0 saturated carbocycles. The number of aliphatic hydroxyl groups excluding tert-OH is 2. The van der Waals surface area contributed by atoms with Crippen LogP contribution in [-0.4, -0.2) is 29.2 Å². The molecule has 3 nitrogen and oxygen atoms in total. The van der Waals surface area contributed by atoms with Crippen molar-refractivity contribution in [2.24, 2.45) is 0 Å². The molecule has 0 aromatic heterocycles. The van der Waals surface area contributed by atoms with E-state index in [1.165, 1.54) is 44.5 Å². The molecule has 4 aliphatic rings. The van der Waals surface area contributed by atoms with Crippen molar-refractivity contribution < 1.29 is 15.0 Å². The van der Waals surface area contributed by atoms with Crippen LogP contribution < -0.4 is 0 Å². The van der Waals surface area contributed by atoms with Crippen molar-refractivity contribution in [2.75, 3.05) is 6.61 Å². The Morgan fingerprint density at radius 2 is 0.594 bits per heavy atom. The number of aliphatic hydroxyl groups is 2. The molecule has 8 rings (SSSR count). The Hall–Kier alpha value is -4.83. The lowest BCUT2D eigenvalue weighted by Crippen LogP contribution is -2.08. The van der Waals surface area contributed by atoms with E-state index in [4.69, 9.17) is 10.2 Å². The number of aldehydes is 1. The molecule has 0 fully saturated rings. The topological polar surface area (TPSA) is 57.5 Å². The van der Waals surface area contributed by atoms with E-state index in [9.17, 15) is 4.79 Å². The van der Waals surface area contributed by atoms with Gasteiger partial charge in [0.05, 0.1) is 12.7 Å². The highest BCUT2D eigenvalue weighted by Gasteiger charge is 2.13. The highest BCUT2D eigenvalue weighted by atomic mass is 16.3. The molecule has 348 valence electrons. The summed E-state index contributed by atoms with van der Waals surface area (Å²) in [7, 11) is 0. The van der Waals surface area contributed by atoms with Gasteiger partial charge < -0.3 is 15.0 Å². The van der Waals surface area contributed by atoms with Crippen molar-refractivity contribution in [3.05, 3.63) is 199 Å². The van der Waals surface area contributed by atoms with E-state index in [2.05, 4.69) is 166 Å². The SMILES string of the molecule is C=CCC.CC.CC1=C(C)Cc2ccccc2C1.CC1=C(C)Cc2ccccc2C1.CC1=C(C)Cc2ccccc2C1.CC1=C(C)Cc2ccccc2C1.CCC(O)CO.CCC=O. The molecule has 4 aromatic rings. The van der Waals surface area contributed by atoms with E-state index in [1.54, 1.807) is 44.6 Å². The number of allylic oxidation sites excluding steroid dienone is 9. The number of carbonyl (C=O) groups is 1. The molecule has 0 heterocycles. The summed E-state index contributed by atoms with van der Waals surface area (Å²) in [4.78, 5) is 9.17. The molecule has 2 N–H and O–H groups in total. The smallest absolute Gasteiger partial charge is 0.119 e. The molecule has 3 heteroatoms. The van der Waals surface area contributed by atoms with Gasteiger partial charge >= 0.3 is 0 Å². The fraction of sp³-hybridized carbons (Fsp3) is 0.426. The van der Waals surface area contributed by atoms with Crippen LogP contribution in [0.25, 0.3) is 0 Å². The Morgan fingerprint density at radius 3 is 0.672 bits per heavy atom. The average Bonchev–Trinajstić information content (AvgIpc) is 3.32. The van der Waals surface area contributed by atoms with Crippen LogP contribution in [0.1, 0.15) is 154 Å². The Kier molecular flexibility index (Phi) is 29.3. The number of fused-ring (bicyclic) bond motifs is 4. The van der Waals surface area contributed by atoms with Gasteiger partial charge in [-0.3, -0.25) is 0 Å². The third-order valence-corrected chi connectivity index (χ3v) is 12.2. The largest absolute Gasteiger partial charge is 0.394 e. The predicted octanol–water partition coefficient (Wildman–Crippen LogP) is 15.4. The zero-order chi connectivity index (χ0) is 48.0. The van der Waals surface area contributed by atoms with E-state index >= 15 is 0 Å². The lowest BCUT2D eigenvalue weighted by molar-refractivity contribution is -0.107. The lowest BCUT2D eigenvalue weighted by Gasteiger charge is -2.18. The minimum absolute atomic E-state index is 0.115. The van der Waals surface area contributed by atoms with Crippen molar-refractivity contribution in [3.8, 4) is 0 Å². The summed E-state index contributed by atoms with van der Waals surface area (Å²) in [5, 5.41) is 16.5. The van der Waals surface area contributed by atoms with E-state index in [0.717, 1.165) is 64.1 Å². The normalized spacial score (nSPS) is 14.4. The molecule has 0 bridgehead atoms. The van der Waals surface area contributed by atoms with Gasteiger partial charge in [0.25, 0.3) is 0 Å². The lowest BCUT2D eigenvalue weighted by atomic mass is 9.88. The van der Waals surface area contributed by atoms with Crippen LogP contribution in [0.3, 0.4) is 0 Å². The Labute approximate surface area is 391 Å². The minimum Gasteiger partial charge on any atom is -0.394 e. The highest BCUT2D eigenvalue weighted by Crippen LogP contribution is 2.28. The van der Waals surface area contributed by atoms with Gasteiger partial charge in [-0.15, -0.1) is 6.58 Å². The fourth-order valence-electron chi connectivity index (χ4n) is 7.23. The van der Waals surface area contributed by atoms with Crippen molar-refractivity contribution in [1.82, 2.24) is 0 Å². The Morgan fingerprint density at radius 1 is 0.438 bits per heavy atom. The van der Waals surface area contributed by atoms with Crippen LogP contribution in [0.5, 0.6) is 0 Å². The van der Waals surface area contributed by atoms with Gasteiger partial charge in [0.15, 0.2) is 0 Å². The number of benzene rings is 4. The van der Waals surface area contributed by atoms with Gasteiger partial charge in [-0.2, -0.15) is 0 Å². The van der Waals surface area contributed by atoms with Crippen LogP contribution in [0.4, 0.5) is 0 Å². The quantitative estimate of drug-likeness (QED) is 0.159. The first-order chi connectivity index (χ1) is 30.7. The van der Waals surface area contributed by atoms with Gasteiger partial charge in [0, 0.05) is 6.42 Å². The maximum Gasteiger partial charge on any atom is 0.119 e. The van der Waals surface area contributed by atoms with E-state index in [-0.39, 0.29) is 6.61 Å². The summed E-state index contributed by atoms with van der Waals surface area (Å²) in [5.74, 6) is 0. The van der Waals surface area contributed by atoms with Crippen LogP contribution >= 0.6 is 0 Å². The molecular weight excluding hydrogens is 781 g/mol. The molecule has 64 heavy (non-hydrogen) atoms. The number of rotatable bonds is 4. The van der Waals surface area contributed by atoms with Gasteiger partial charge in [-0.05, 0) is 164 Å². The maximum atomic E-state index is 9.17. The van der Waals surface area contributed by atoms with Crippen LogP contribution in [0, 0.1) is 0 Å². The summed E-state index contributed by atoms with van der Waals surface area (Å²) in [6, 6.07) is 35.0. The third kappa shape index (κ3) is 20.8. The van der Waals surface area contributed by atoms with Crippen LogP contribution in [0.15, 0.2) is 154 Å². The molecule has 0 spiro atoms. The first-order valence-electron chi connectivity index (χ1n) is 23.9.